The third-order valence-corrected chi connectivity index (χ3v) is 5.86. The van der Waals surface area contributed by atoms with E-state index in [9.17, 15) is 4.39 Å². The van der Waals surface area contributed by atoms with E-state index in [4.69, 9.17) is 9.47 Å². The second kappa shape index (κ2) is 8.31. The van der Waals surface area contributed by atoms with Gasteiger partial charge in [0.25, 0.3) is 0 Å². The average Bonchev–Trinajstić information content (AvgIpc) is 3.08. The van der Waals surface area contributed by atoms with Crippen molar-refractivity contribution in [2.75, 3.05) is 26.3 Å². The summed E-state index contributed by atoms with van der Waals surface area (Å²) < 4.78 is 25.4. The quantitative estimate of drug-likeness (QED) is 0.778. The summed E-state index contributed by atoms with van der Waals surface area (Å²) in [4.78, 5) is 10.6. The molecule has 0 N–H and O–H groups in total. The predicted octanol–water partition coefficient (Wildman–Crippen LogP) is 3.46. The minimum atomic E-state index is -0.404. The molecule has 0 saturated carbocycles. The van der Waals surface area contributed by atoms with Crippen LogP contribution in [-0.4, -0.2) is 46.8 Å². The Hall–Kier alpha value is -2.05. The Balaban J connectivity index is 1.29. The van der Waals surface area contributed by atoms with Gasteiger partial charge in [0, 0.05) is 44.8 Å². The maximum absolute atomic E-state index is 13.6. The standard InChI is InChI=1S/C21H26FN3O2/c22-19-4-2-10-24-20(19)26-13-5-18-6-14-27-21(18)7-11-25(12-8-21)16-17-3-1-9-23-15-17/h1-4,9-10,15,18H,5-8,11-14,16H2/t18-/m0/s1. The lowest BCUT2D eigenvalue weighted by atomic mass is 9.78. The van der Waals surface area contributed by atoms with Crippen LogP contribution in [0.5, 0.6) is 5.88 Å². The highest BCUT2D eigenvalue weighted by Crippen LogP contribution is 2.42. The molecule has 27 heavy (non-hydrogen) atoms. The zero-order valence-corrected chi connectivity index (χ0v) is 15.5. The van der Waals surface area contributed by atoms with Crippen molar-refractivity contribution in [1.29, 1.82) is 0 Å². The van der Waals surface area contributed by atoms with Gasteiger partial charge in [-0.25, -0.2) is 9.37 Å². The van der Waals surface area contributed by atoms with Crippen LogP contribution in [0, 0.1) is 11.7 Å². The van der Waals surface area contributed by atoms with Crippen LogP contribution in [0.25, 0.3) is 0 Å². The molecule has 2 fully saturated rings. The first kappa shape index (κ1) is 18.3. The average molecular weight is 371 g/mol. The second-order valence-electron chi connectivity index (χ2n) is 7.46. The third-order valence-electron chi connectivity index (χ3n) is 5.86. The van der Waals surface area contributed by atoms with Crippen LogP contribution in [0.2, 0.25) is 0 Å². The maximum Gasteiger partial charge on any atom is 0.250 e. The Kier molecular flexibility index (Phi) is 5.64. The highest BCUT2D eigenvalue weighted by atomic mass is 19.1. The Labute approximate surface area is 159 Å². The third kappa shape index (κ3) is 4.28. The van der Waals surface area contributed by atoms with Crippen LogP contribution >= 0.6 is 0 Å². The molecule has 2 aromatic heterocycles. The van der Waals surface area contributed by atoms with E-state index in [1.165, 1.54) is 11.6 Å². The first-order chi connectivity index (χ1) is 13.3. The summed E-state index contributed by atoms with van der Waals surface area (Å²) in [7, 11) is 0. The lowest BCUT2D eigenvalue weighted by molar-refractivity contribution is -0.0709. The second-order valence-corrected chi connectivity index (χ2v) is 7.46. The Morgan fingerprint density at radius 2 is 2.07 bits per heavy atom. The fraction of sp³-hybridized carbons (Fsp3) is 0.524. The summed E-state index contributed by atoms with van der Waals surface area (Å²) in [6.45, 7) is 4.28. The zero-order valence-electron chi connectivity index (χ0n) is 15.5. The van der Waals surface area contributed by atoms with Gasteiger partial charge in [0.05, 0.1) is 12.2 Å². The Morgan fingerprint density at radius 3 is 2.85 bits per heavy atom. The van der Waals surface area contributed by atoms with Crippen molar-refractivity contribution in [3.63, 3.8) is 0 Å². The molecular formula is C21H26FN3O2. The number of rotatable bonds is 6. The Morgan fingerprint density at radius 1 is 1.22 bits per heavy atom. The summed E-state index contributed by atoms with van der Waals surface area (Å²) in [5.41, 5.74) is 1.21. The van der Waals surface area contributed by atoms with Crippen molar-refractivity contribution in [2.45, 2.75) is 37.8 Å². The van der Waals surface area contributed by atoms with E-state index in [1.54, 1.807) is 12.3 Å². The molecule has 144 valence electrons. The lowest BCUT2D eigenvalue weighted by Gasteiger charge is -2.42. The van der Waals surface area contributed by atoms with Crippen LogP contribution in [0.4, 0.5) is 4.39 Å². The monoisotopic (exact) mass is 371 g/mol. The van der Waals surface area contributed by atoms with Gasteiger partial charge in [-0.1, -0.05) is 6.07 Å². The molecule has 1 spiro atoms. The molecule has 5 nitrogen and oxygen atoms in total. The van der Waals surface area contributed by atoms with E-state index < -0.39 is 5.82 Å². The largest absolute Gasteiger partial charge is 0.476 e. The summed E-state index contributed by atoms with van der Waals surface area (Å²) in [5, 5.41) is 0. The number of halogens is 1. The molecule has 0 amide bonds. The highest BCUT2D eigenvalue weighted by Gasteiger charge is 2.45. The molecule has 4 heterocycles. The van der Waals surface area contributed by atoms with Gasteiger partial charge in [0.15, 0.2) is 5.82 Å². The number of ether oxygens (including phenoxy) is 2. The van der Waals surface area contributed by atoms with Gasteiger partial charge in [-0.2, -0.15) is 0 Å². The number of nitrogens with zero attached hydrogens (tertiary/aromatic N) is 3. The smallest absolute Gasteiger partial charge is 0.250 e. The molecule has 0 bridgehead atoms. The molecule has 6 heteroatoms. The number of hydrogen-bond donors (Lipinski definition) is 0. The molecule has 1 atom stereocenters. The van der Waals surface area contributed by atoms with Crippen molar-refractivity contribution in [3.05, 3.63) is 54.2 Å². The molecular weight excluding hydrogens is 345 g/mol. The summed E-state index contributed by atoms with van der Waals surface area (Å²) in [6.07, 6.45) is 9.30. The van der Waals surface area contributed by atoms with Gasteiger partial charge < -0.3 is 9.47 Å². The van der Waals surface area contributed by atoms with Crippen molar-refractivity contribution < 1.29 is 13.9 Å². The van der Waals surface area contributed by atoms with Gasteiger partial charge in [-0.3, -0.25) is 9.88 Å². The molecule has 0 unspecified atom stereocenters. The van der Waals surface area contributed by atoms with Crippen LogP contribution in [-0.2, 0) is 11.3 Å². The fourth-order valence-corrected chi connectivity index (χ4v) is 4.36. The zero-order chi connectivity index (χ0) is 18.5. The minimum absolute atomic E-state index is 0.0442. The van der Waals surface area contributed by atoms with Gasteiger partial charge in [-0.05, 0) is 55.4 Å². The van der Waals surface area contributed by atoms with E-state index in [1.807, 2.05) is 18.5 Å². The summed E-state index contributed by atoms with van der Waals surface area (Å²) in [5.74, 6) is 0.153. The van der Waals surface area contributed by atoms with Crippen molar-refractivity contribution in [3.8, 4) is 5.88 Å². The predicted molar refractivity (Wildman–Crippen MR) is 99.8 cm³/mol. The summed E-state index contributed by atoms with van der Waals surface area (Å²) >= 11 is 0. The molecule has 0 aliphatic carbocycles. The molecule has 2 aliphatic heterocycles. The van der Waals surface area contributed by atoms with E-state index in [0.29, 0.717) is 12.5 Å². The summed E-state index contributed by atoms with van der Waals surface area (Å²) in [6, 6.07) is 7.06. The van der Waals surface area contributed by atoms with Gasteiger partial charge in [-0.15, -0.1) is 0 Å². The van der Waals surface area contributed by atoms with Crippen molar-refractivity contribution in [2.24, 2.45) is 5.92 Å². The molecule has 0 radical (unpaired) electrons. The van der Waals surface area contributed by atoms with Crippen LogP contribution < -0.4 is 4.74 Å². The van der Waals surface area contributed by atoms with Crippen LogP contribution in [0.15, 0.2) is 42.9 Å². The highest BCUT2D eigenvalue weighted by molar-refractivity contribution is 5.13. The number of likely N-dealkylation sites (tertiary alicyclic amines) is 1. The number of hydrogen-bond acceptors (Lipinski definition) is 5. The van der Waals surface area contributed by atoms with Gasteiger partial charge in [0.2, 0.25) is 5.88 Å². The molecule has 0 aromatic carbocycles. The van der Waals surface area contributed by atoms with Gasteiger partial charge >= 0.3 is 0 Å². The van der Waals surface area contributed by atoms with E-state index >= 15 is 0 Å². The normalized spacial score (nSPS) is 22.2. The molecule has 2 aliphatic rings. The number of pyridine rings is 2. The van der Waals surface area contributed by atoms with E-state index in [2.05, 4.69) is 20.9 Å². The lowest BCUT2D eigenvalue weighted by Crippen LogP contribution is -2.47. The topological polar surface area (TPSA) is 47.5 Å². The number of aromatic nitrogens is 2. The van der Waals surface area contributed by atoms with E-state index in [-0.39, 0.29) is 11.5 Å². The van der Waals surface area contributed by atoms with Crippen molar-refractivity contribution >= 4 is 0 Å². The fourth-order valence-electron chi connectivity index (χ4n) is 4.36. The maximum atomic E-state index is 13.6. The first-order valence-electron chi connectivity index (χ1n) is 9.74. The van der Waals surface area contributed by atoms with E-state index in [0.717, 1.165) is 51.9 Å². The van der Waals surface area contributed by atoms with Crippen LogP contribution in [0.3, 0.4) is 0 Å². The Bertz CT molecular complexity index is 735. The minimum Gasteiger partial charge on any atom is -0.476 e. The first-order valence-corrected chi connectivity index (χ1v) is 9.74. The van der Waals surface area contributed by atoms with Gasteiger partial charge in [0.1, 0.15) is 0 Å². The van der Waals surface area contributed by atoms with Crippen LogP contribution in [0.1, 0.15) is 31.2 Å². The molecule has 4 rings (SSSR count). The molecule has 2 aromatic rings. The van der Waals surface area contributed by atoms with Crippen molar-refractivity contribution in [1.82, 2.24) is 14.9 Å². The molecule has 2 saturated heterocycles. The number of piperidine rings is 1. The SMILES string of the molecule is Fc1cccnc1OCC[C@H]1CCOC12CCN(Cc1cccnc1)CC2.